The smallest absolute Gasteiger partial charge is 0.323 e. The first-order valence-corrected chi connectivity index (χ1v) is 10.3. The van der Waals surface area contributed by atoms with Crippen LogP contribution in [0.5, 0.6) is 5.75 Å². The van der Waals surface area contributed by atoms with Crippen molar-refractivity contribution in [2.24, 2.45) is 0 Å². The number of benzene rings is 2. The van der Waals surface area contributed by atoms with Crippen LogP contribution in [0.15, 0.2) is 42.5 Å². The molecule has 0 saturated carbocycles. The Morgan fingerprint density at radius 2 is 1.75 bits per heavy atom. The number of anilines is 3. The lowest BCUT2D eigenvalue weighted by atomic mass is 10.2. The van der Waals surface area contributed by atoms with Gasteiger partial charge in [-0.05, 0) is 37.1 Å². The van der Waals surface area contributed by atoms with E-state index in [9.17, 15) is 14.4 Å². The Morgan fingerprint density at radius 1 is 1.03 bits per heavy atom. The number of hydrogen-bond acceptors (Lipinski definition) is 5. The number of nitrogens with one attached hydrogen (secondary N) is 3. The summed E-state index contributed by atoms with van der Waals surface area (Å²) in [5.41, 5.74) is 2.95. The fraction of sp³-hybridized carbons (Fsp3) is 0.348. The number of aryl methyl sites for hydroxylation is 1. The van der Waals surface area contributed by atoms with Crippen molar-refractivity contribution < 1.29 is 24.2 Å². The van der Waals surface area contributed by atoms with Crippen LogP contribution in [0.2, 0.25) is 0 Å². The van der Waals surface area contributed by atoms with Gasteiger partial charge >= 0.3 is 12.0 Å². The summed E-state index contributed by atoms with van der Waals surface area (Å²) in [6.45, 7) is 4.77. The maximum atomic E-state index is 12.4. The number of nitrogens with zero attached hydrogens (tertiary/aromatic N) is 1. The maximum Gasteiger partial charge on any atom is 0.323 e. The molecule has 0 atom stereocenters. The number of aliphatic carboxylic acids is 1. The van der Waals surface area contributed by atoms with Gasteiger partial charge < -0.3 is 30.7 Å². The molecule has 0 aromatic heterocycles. The first-order valence-electron chi connectivity index (χ1n) is 10.3. The standard InChI is InChI=1S/C23H30N4O5/c1-16-7-4-5-8-19(16)25-23(31)26-20-11-10-18(15-21(20)32-3)27(13-6-9-22(29)30)14-12-24-17(2)28/h4-5,7-8,10-11,15H,6,9,12-14H2,1-3H3,(H,24,28)(H,29,30)(H2,25,26,31). The van der Waals surface area contributed by atoms with E-state index in [0.717, 1.165) is 11.3 Å². The number of methoxy groups -OCH3 is 1. The van der Waals surface area contributed by atoms with Crippen molar-refractivity contribution >= 4 is 35.0 Å². The van der Waals surface area contributed by atoms with Gasteiger partial charge in [-0.2, -0.15) is 0 Å². The van der Waals surface area contributed by atoms with Crippen LogP contribution in [0, 0.1) is 6.92 Å². The van der Waals surface area contributed by atoms with Gasteiger partial charge in [0, 0.05) is 50.4 Å². The highest BCUT2D eigenvalue weighted by molar-refractivity contribution is 6.01. The molecule has 0 bridgehead atoms. The predicted molar refractivity (Wildman–Crippen MR) is 125 cm³/mol. The second kappa shape index (κ2) is 12.2. The maximum absolute atomic E-state index is 12.4. The molecule has 0 heterocycles. The molecule has 2 rings (SSSR count). The molecule has 3 amide bonds. The number of carboxylic acid groups (broad SMARTS) is 1. The second-order valence-electron chi connectivity index (χ2n) is 7.25. The molecule has 0 aliphatic heterocycles. The quantitative estimate of drug-likeness (QED) is 0.423. The van der Waals surface area contributed by atoms with E-state index in [2.05, 4.69) is 16.0 Å². The van der Waals surface area contributed by atoms with E-state index in [4.69, 9.17) is 9.84 Å². The van der Waals surface area contributed by atoms with Crippen LogP contribution >= 0.6 is 0 Å². The summed E-state index contributed by atoms with van der Waals surface area (Å²) in [6, 6.07) is 12.4. The van der Waals surface area contributed by atoms with E-state index >= 15 is 0 Å². The molecule has 9 nitrogen and oxygen atoms in total. The van der Waals surface area contributed by atoms with Crippen LogP contribution in [0.4, 0.5) is 21.9 Å². The third-order valence-electron chi connectivity index (χ3n) is 4.77. The summed E-state index contributed by atoms with van der Waals surface area (Å²) in [4.78, 5) is 36.5. The van der Waals surface area contributed by atoms with Gasteiger partial charge in [0.15, 0.2) is 0 Å². The van der Waals surface area contributed by atoms with E-state index < -0.39 is 12.0 Å². The minimum Gasteiger partial charge on any atom is -0.494 e. The normalized spacial score (nSPS) is 10.2. The van der Waals surface area contributed by atoms with Crippen LogP contribution < -0.4 is 25.6 Å². The Kier molecular flexibility index (Phi) is 9.34. The molecule has 0 radical (unpaired) electrons. The summed E-state index contributed by atoms with van der Waals surface area (Å²) in [5.74, 6) is -0.527. The minimum absolute atomic E-state index is 0.0481. The fourth-order valence-electron chi connectivity index (χ4n) is 3.13. The molecule has 0 saturated heterocycles. The number of hydrogen-bond donors (Lipinski definition) is 4. The Hall–Kier alpha value is -3.75. The number of carbonyl (C=O) groups excluding carboxylic acids is 2. The minimum atomic E-state index is -0.858. The molecular formula is C23H30N4O5. The molecule has 0 aliphatic carbocycles. The van der Waals surface area contributed by atoms with Crippen LogP contribution in [0.1, 0.15) is 25.3 Å². The first kappa shape index (κ1) is 24.5. The average Bonchev–Trinajstić information content (AvgIpc) is 2.74. The predicted octanol–water partition coefficient (Wildman–Crippen LogP) is 3.45. The van der Waals surface area contributed by atoms with Gasteiger partial charge in [-0.25, -0.2) is 4.79 Å². The highest BCUT2D eigenvalue weighted by atomic mass is 16.5. The molecule has 2 aromatic rings. The average molecular weight is 443 g/mol. The van der Waals surface area contributed by atoms with Crippen LogP contribution in [0.25, 0.3) is 0 Å². The zero-order chi connectivity index (χ0) is 23.5. The number of carbonyl (C=O) groups is 3. The summed E-state index contributed by atoms with van der Waals surface area (Å²) in [6.07, 6.45) is 0.503. The fourth-order valence-corrected chi connectivity index (χ4v) is 3.13. The molecular weight excluding hydrogens is 412 g/mol. The molecule has 0 aliphatic rings. The van der Waals surface area contributed by atoms with Crippen LogP contribution in [0.3, 0.4) is 0 Å². The second-order valence-corrected chi connectivity index (χ2v) is 7.25. The molecule has 0 spiro atoms. The highest BCUT2D eigenvalue weighted by Gasteiger charge is 2.14. The molecule has 172 valence electrons. The van der Waals surface area contributed by atoms with Crippen molar-refractivity contribution in [3.8, 4) is 5.75 Å². The monoisotopic (exact) mass is 442 g/mol. The van der Waals surface area contributed by atoms with Crippen molar-refractivity contribution in [1.29, 1.82) is 0 Å². The lowest BCUT2D eigenvalue weighted by molar-refractivity contribution is -0.137. The van der Waals surface area contributed by atoms with Crippen molar-refractivity contribution in [1.82, 2.24) is 5.32 Å². The van der Waals surface area contributed by atoms with Gasteiger partial charge in [0.2, 0.25) is 5.91 Å². The SMILES string of the molecule is COc1cc(N(CCCC(=O)O)CCNC(C)=O)ccc1NC(=O)Nc1ccccc1C. The van der Waals surface area contributed by atoms with Crippen molar-refractivity contribution in [2.45, 2.75) is 26.7 Å². The Balaban J connectivity index is 2.12. The molecule has 0 fully saturated rings. The first-order chi connectivity index (χ1) is 15.3. The van der Waals surface area contributed by atoms with E-state index in [1.807, 2.05) is 42.2 Å². The summed E-state index contributed by atoms with van der Waals surface area (Å²) < 4.78 is 5.46. The van der Waals surface area contributed by atoms with E-state index in [-0.39, 0.29) is 12.3 Å². The summed E-state index contributed by atoms with van der Waals surface area (Å²) in [7, 11) is 1.51. The number of ether oxygens (including phenoxy) is 1. The third kappa shape index (κ3) is 7.82. The van der Waals surface area contributed by atoms with Gasteiger partial charge in [0.05, 0.1) is 12.8 Å². The number of amides is 3. The van der Waals surface area contributed by atoms with E-state index in [0.29, 0.717) is 43.2 Å². The molecule has 9 heteroatoms. The van der Waals surface area contributed by atoms with Crippen molar-refractivity contribution in [3.63, 3.8) is 0 Å². The Morgan fingerprint density at radius 3 is 2.41 bits per heavy atom. The van der Waals surface area contributed by atoms with Crippen LogP contribution in [-0.4, -0.2) is 49.8 Å². The van der Waals surface area contributed by atoms with Gasteiger partial charge in [0.25, 0.3) is 0 Å². The van der Waals surface area contributed by atoms with Gasteiger partial charge in [-0.15, -0.1) is 0 Å². The van der Waals surface area contributed by atoms with Gasteiger partial charge in [-0.3, -0.25) is 9.59 Å². The lowest BCUT2D eigenvalue weighted by Crippen LogP contribution is -2.34. The zero-order valence-electron chi connectivity index (χ0n) is 18.6. The largest absolute Gasteiger partial charge is 0.494 e. The van der Waals surface area contributed by atoms with E-state index in [1.165, 1.54) is 14.0 Å². The number of para-hydroxylation sites is 1. The van der Waals surface area contributed by atoms with Gasteiger partial charge in [0.1, 0.15) is 5.75 Å². The zero-order valence-corrected chi connectivity index (χ0v) is 18.6. The topological polar surface area (TPSA) is 120 Å². The lowest BCUT2D eigenvalue weighted by Gasteiger charge is -2.26. The van der Waals surface area contributed by atoms with Crippen molar-refractivity contribution in [3.05, 3.63) is 48.0 Å². The number of carboxylic acids is 1. The Labute approximate surface area is 187 Å². The number of rotatable bonds is 11. The molecule has 4 N–H and O–H groups in total. The highest BCUT2D eigenvalue weighted by Crippen LogP contribution is 2.30. The van der Waals surface area contributed by atoms with Crippen molar-refractivity contribution in [2.75, 3.05) is 42.3 Å². The summed E-state index contributed by atoms with van der Waals surface area (Å²) in [5, 5.41) is 17.3. The third-order valence-corrected chi connectivity index (χ3v) is 4.77. The molecule has 2 aromatic carbocycles. The van der Waals surface area contributed by atoms with Gasteiger partial charge in [-0.1, -0.05) is 18.2 Å². The molecule has 32 heavy (non-hydrogen) atoms. The summed E-state index contributed by atoms with van der Waals surface area (Å²) >= 11 is 0. The molecule has 0 unspecified atom stereocenters. The van der Waals surface area contributed by atoms with E-state index in [1.54, 1.807) is 12.1 Å². The number of urea groups is 1. The van der Waals surface area contributed by atoms with Crippen LogP contribution in [-0.2, 0) is 9.59 Å². The Bertz CT molecular complexity index is 928.